The molecule has 0 unspecified atom stereocenters. The van der Waals surface area contributed by atoms with E-state index in [1.54, 1.807) is 0 Å². The van der Waals surface area contributed by atoms with Crippen LogP contribution in [0.15, 0.2) is 30.3 Å². The number of carbonyl (C=O) groups is 1. The van der Waals surface area contributed by atoms with E-state index in [-0.39, 0.29) is 12.5 Å². The van der Waals surface area contributed by atoms with Crippen molar-refractivity contribution in [1.82, 2.24) is 10.2 Å². The average molecular weight is 300 g/mol. The Morgan fingerprint density at radius 3 is 2.59 bits per heavy atom. The van der Waals surface area contributed by atoms with Gasteiger partial charge in [-0.25, -0.2) is 0 Å². The van der Waals surface area contributed by atoms with Crippen molar-refractivity contribution in [1.29, 1.82) is 0 Å². The third-order valence-corrected chi connectivity index (χ3v) is 4.36. The molecule has 0 atom stereocenters. The minimum Gasteiger partial charge on any atom is -0.484 e. The van der Waals surface area contributed by atoms with Crippen LogP contribution in [0, 0.1) is 0 Å². The van der Waals surface area contributed by atoms with Gasteiger partial charge in [-0.15, -0.1) is 0 Å². The smallest absolute Gasteiger partial charge is 0.260 e. The first-order chi connectivity index (χ1) is 10.8. The van der Waals surface area contributed by atoms with Gasteiger partial charge in [-0.1, -0.05) is 18.2 Å². The molecule has 1 aromatic rings. The summed E-state index contributed by atoms with van der Waals surface area (Å²) in [6.07, 6.45) is 6.76. The van der Waals surface area contributed by atoms with Crippen LogP contribution in [0.2, 0.25) is 0 Å². The molecule has 2 aliphatic rings. The molecule has 1 N–H and O–H groups in total. The fraction of sp³-hybridized carbons (Fsp3) is 0.500. The van der Waals surface area contributed by atoms with Crippen molar-refractivity contribution in [3.8, 4) is 5.75 Å². The molecule has 0 saturated carbocycles. The summed E-state index contributed by atoms with van der Waals surface area (Å²) in [5.41, 5.74) is 2.63. The van der Waals surface area contributed by atoms with Gasteiger partial charge in [0.15, 0.2) is 6.61 Å². The molecule has 0 aliphatic carbocycles. The summed E-state index contributed by atoms with van der Waals surface area (Å²) < 4.78 is 5.64. The number of benzene rings is 1. The number of hydrogen-bond donors (Lipinski definition) is 1. The number of piperidine rings is 1. The van der Waals surface area contributed by atoms with Gasteiger partial charge in [-0.3, -0.25) is 4.79 Å². The molecule has 3 rings (SSSR count). The number of nitrogens with zero attached hydrogens (tertiary/aromatic N) is 1. The molecule has 1 amide bonds. The fourth-order valence-electron chi connectivity index (χ4n) is 3.03. The molecular weight excluding hydrogens is 276 g/mol. The third-order valence-electron chi connectivity index (χ3n) is 4.36. The minimum atomic E-state index is 0.102. The Bertz CT molecular complexity index is 531. The highest BCUT2D eigenvalue weighted by Crippen LogP contribution is 2.22. The quantitative estimate of drug-likeness (QED) is 0.928. The van der Waals surface area contributed by atoms with E-state index in [1.807, 2.05) is 17.0 Å². The first-order valence-electron chi connectivity index (χ1n) is 8.24. The SMILES string of the molecule is O=C(COc1ccc(C2=CCNCC2)cc1)N1CCCCC1. The largest absolute Gasteiger partial charge is 0.484 e. The third kappa shape index (κ3) is 3.89. The number of rotatable bonds is 4. The van der Waals surface area contributed by atoms with Gasteiger partial charge >= 0.3 is 0 Å². The van der Waals surface area contributed by atoms with Gasteiger partial charge in [-0.2, -0.15) is 0 Å². The van der Waals surface area contributed by atoms with E-state index >= 15 is 0 Å². The number of likely N-dealkylation sites (tertiary alicyclic amines) is 1. The summed E-state index contributed by atoms with van der Waals surface area (Å²) in [7, 11) is 0. The molecule has 0 spiro atoms. The summed E-state index contributed by atoms with van der Waals surface area (Å²) in [5, 5.41) is 3.32. The minimum absolute atomic E-state index is 0.102. The van der Waals surface area contributed by atoms with Gasteiger partial charge in [0.1, 0.15) is 5.75 Å². The van der Waals surface area contributed by atoms with E-state index < -0.39 is 0 Å². The van der Waals surface area contributed by atoms with Crippen LogP contribution in [-0.4, -0.2) is 43.6 Å². The fourth-order valence-corrected chi connectivity index (χ4v) is 3.03. The highest BCUT2D eigenvalue weighted by molar-refractivity contribution is 5.77. The van der Waals surface area contributed by atoms with E-state index in [4.69, 9.17) is 4.74 Å². The molecule has 0 bridgehead atoms. The summed E-state index contributed by atoms with van der Waals surface area (Å²) in [4.78, 5) is 14.0. The van der Waals surface area contributed by atoms with Crippen molar-refractivity contribution in [2.75, 3.05) is 32.8 Å². The summed E-state index contributed by atoms with van der Waals surface area (Å²) >= 11 is 0. The molecule has 2 aliphatic heterocycles. The zero-order chi connectivity index (χ0) is 15.2. The molecule has 22 heavy (non-hydrogen) atoms. The van der Waals surface area contributed by atoms with E-state index in [0.717, 1.165) is 51.2 Å². The van der Waals surface area contributed by atoms with Crippen molar-refractivity contribution in [3.63, 3.8) is 0 Å². The number of hydrogen-bond acceptors (Lipinski definition) is 3. The second-order valence-corrected chi connectivity index (χ2v) is 5.94. The lowest BCUT2D eigenvalue weighted by molar-refractivity contribution is -0.134. The van der Waals surface area contributed by atoms with Crippen LogP contribution in [0.25, 0.3) is 5.57 Å². The standard InChI is InChI=1S/C18H24N2O2/c21-18(20-12-2-1-3-13-20)14-22-17-6-4-15(5-7-17)16-8-10-19-11-9-16/h4-8,19H,1-3,9-14H2. The highest BCUT2D eigenvalue weighted by Gasteiger charge is 2.16. The molecule has 1 fully saturated rings. The van der Waals surface area contributed by atoms with Gasteiger partial charge in [0, 0.05) is 19.6 Å². The molecule has 0 radical (unpaired) electrons. The average Bonchev–Trinajstić information content (AvgIpc) is 2.61. The van der Waals surface area contributed by atoms with Gasteiger partial charge in [-0.05, 0) is 55.5 Å². The lowest BCUT2D eigenvalue weighted by atomic mass is 10.0. The molecule has 4 nitrogen and oxygen atoms in total. The highest BCUT2D eigenvalue weighted by atomic mass is 16.5. The van der Waals surface area contributed by atoms with Crippen molar-refractivity contribution in [3.05, 3.63) is 35.9 Å². The maximum absolute atomic E-state index is 12.1. The van der Waals surface area contributed by atoms with Crippen LogP contribution in [0.3, 0.4) is 0 Å². The molecule has 0 aromatic heterocycles. The van der Waals surface area contributed by atoms with Crippen LogP contribution >= 0.6 is 0 Å². The second kappa shape index (κ2) is 7.45. The maximum Gasteiger partial charge on any atom is 0.260 e. The van der Waals surface area contributed by atoms with Crippen molar-refractivity contribution in [2.45, 2.75) is 25.7 Å². The van der Waals surface area contributed by atoms with E-state index in [1.165, 1.54) is 17.6 Å². The van der Waals surface area contributed by atoms with Crippen LogP contribution in [0.5, 0.6) is 5.75 Å². The Labute approximate surface area is 132 Å². The first-order valence-corrected chi connectivity index (χ1v) is 8.24. The Balaban J connectivity index is 1.52. The second-order valence-electron chi connectivity index (χ2n) is 5.94. The first kappa shape index (κ1) is 15.1. The predicted molar refractivity (Wildman–Crippen MR) is 87.8 cm³/mol. The Kier molecular flexibility index (Phi) is 5.11. The number of nitrogens with one attached hydrogen (secondary N) is 1. The van der Waals surface area contributed by atoms with Crippen LogP contribution in [0.4, 0.5) is 0 Å². The normalized spacial score (nSPS) is 18.7. The van der Waals surface area contributed by atoms with E-state index in [0.29, 0.717) is 0 Å². The number of ether oxygens (including phenoxy) is 1. The van der Waals surface area contributed by atoms with Gasteiger partial charge in [0.05, 0.1) is 0 Å². The maximum atomic E-state index is 12.1. The van der Waals surface area contributed by atoms with Crippen molar-refractivity contribution < 1.29 is 9.53 Å². The van der Waals surface area contributed by atoms with Crippen LogP contribution in [0.1, 0.15) is 31.2 Å². The van der Waals surface area contributed by atoms with E-state index in [2.05, 4.69) is 23.5 Å². The zero-order valence-corrected chi connectivity index (χ0v) is 13.0. The van der Waals surface area contributed by atoms with Gasteiger partial charge < -0.3 is 15.0 Å². The summed E-state index contributed by atoms with van der Waals surface area (Å²) in [5.74, 6) is 0.869. The van der Waals surface area contributed by atoms with Gasteiger partial charge in [0.25, 0.3) is 5.91 Å². The molecule has 2 heterocycles. The Morgan fingerprint density at radius 1 is 1.14 bits per heavy atom. The molecular formula is C18H24N2O2. The van der Waals surface area contributed by atoms with Gasteiger partial charge in [0.2, 0.25) is 0 Å². The molecule has 1 aromatic carbocycles. The topological polar surface area (TPSA) is 41.6 Å². The van der Waals surface area contributed by atoms with E-state index in [9.17, 15) is 4.79 Å². The monoisotopic (exact) mass is 300 g/mol. The Morgan fingerprint density at radius 2 is 1.91 bits per heavy atom. The summed E-state index contributed by atoms with van der Waals surface area (Å²) in [6, 6.07) is 8.08. The number of amides is 1. The van der Waals surface area contributed by atoms with Crippen LogP contribution in [-0.2, 0) is 4.79 Å². The Hall–Kier alpha value is -1.81. The zero-order valence-electron chi connectivity index (χ0n) is 13.0. The lowest BCUT2D eigenvalue weighted by Gasteiger charge is -2.26. The van der Waals surface area contributed by atoms with Crippen LogP contribution < -0.4 is 10.1 Å². The molecule has 4 heteroatoms. The summed E-state index contributed by atoms with van der Waals surface area (Å²) in [6.45, 7) is 3.88. The molecule has 1 saturated heterocycles. The molecule has 118 valence electrons. The van der Waals surface area contributed by atoms with Crippen molar-refractivity contribution >= 4 is 11.5 Å². The predicted octanol–water partition coefficient (Wildman–Crippen LogP) is 2.45. The number of carbonyl (C=O) groups excluding carboxylic acids is 1. The van der Waals surface area contributed by atoms with Crippen molar-refractivity contribution in [2.24, 2.45) is 0 Å². The lowest BCUT2D eigenvalue weighted by Crippen LogP contribution is -2.38.